The van der Waals surface area contributed by atoms with Gasteiger partial charge in [-0.1, -0.05) is 0 Å². The maximum atomic E-state index is 12.5. The van der Waals surface area contributed by atoms with Crippen LogP contribution in [0.1, 0.15) is 23.7 Å². The molecular weight excluding hydrogens is 350 g/mol. The highest BCUT2D eigenvalue weighted by Crippen LogP contribution is 2.20. The molecule has 1 aromatic carbocycles. The minimum atomic E-state index is -0.903. The number of benzene rings is 1. The average Bonchev–Trinajstić information content (AvgIpc) is 3.05. The molecule has 3 rings (SSSR count). The van der Waals surface area contributed by atoms with E-state index in [1.807, 2.05) is 0 Å². The summed E-state index contributed by atoms with van der Waals surface area (Å²) in [5, 5.41) is 9.03. The van der Waals surface area contributed by atoms with E-state index < -0.39 is 23.0 Å². The monoisotopic (exact) mass is 367 g/mol. The van der Waals surface area contributed by atoms with E-state index in [0.29, 0.717) is 36.1 Å². The van der Waals surface area contributed by atoms with Gasteiger partial charge in [-0.15, -0.1) is 12.4 Å². The SMILES string of the molecule is CCn1c(=O)c(=O)[nH]c2cc(C(=O)N3CCC(C(=O)O)C3)ccc21.Cl. The molecule has 0 bridgehead atoms. The molecular formula is C16H18ClN3O5. The Bertz CT molecular complexity index is 949. The maximum absolute atomic E-state index is 12.5. The van der Waals surface area contributed by atoms with Gasteiger partial charge in [0.25, 0.3) is 5.91 Å². The summed E-state index contributed by atoms with van der Waals surface area (Å²) in [5.41, 5.74) is -0.0655. The van der Waals surface area contributed by atoms with Gasteiger partial charge in [-0.2, -0.15) is 0 Å². The van der Waals surface area contributed by atoms with E-state index in [1.165, 1.54) is 15.5 Å². The summed E-state index contributed by atoms with van der Waals surface area (Å²) < 4.78 is 1.35. The Labute approximate surface area is 148 Å². The zero-order valence-electron chi connectivity index (χ0n) is 13.5. The van der Waals surface area contributed by atoms with Gasteiger partial charge in [0.05, 0.1) is 17.0 Å². The number of fused-ring (bicyclic) bond motifs is 1. The van der Waals surface area contributed by atoms with Crippen LogP contribution >= 0.6 is 12.4 Å². The molecule has 2 aromatic rings. The van der Waals surface area contributed by atoms with Gasteiger partial charge in [-0.05, 0) is 31.5 Å². The first-order chi connectivity index (χ1) is 11.4. The van der Waals surface area contributed by atoms with Crippen LogP contribution in [0.5, 0.6) is 0 Å². The van der Waals surface area contributed by atoms with Gasteiger partial charge in [0.15, 0.2) is 0 Å². The van der Waals surface area contributed by atoms with E-state index in [-0.39, 0.29) is 24.9 Å². The van der Waals surface area contributed by atoms with Gasteiger partial charge < -0.3 is 19.6 Å². The van der Waals surface area contributed by atoms with Gasteiger partial charge >= 0.3 is 17.1 Å². The summed E-state index contributed by atoms with van der Waals surface area (Å²) >= 11 is 0. The number of nitrogens with zero attached hydrogens (tertiary/aromatic N) is 2. The second kappa shape index (κ2) is 7.10. The summed E-state index contributed by atoms with van der Waals surface area (Å²) in [6.07, 6.45) is 0.431. The number of halogens is 1. The van der Waals surface area contributed by atoms with Crippen molar-refractivity contribution in [2.45, 2.75) is 19.9 Å². The van der Waals surface area contributed by atoms with Gasteiger partial charge in [0, 0.05) is 25.2 Å². The summed E-state index contributed by atoms with van der Waals surface area (Å²) in [5.74, 6) is -1.73. The number of carbonyl (C=O) groups is 2. The van der Waals surface area contributed by atoms with Crippen LogP contribution in [-0.4, -0.2) is 44.5 Å². The maximum Gasteiger partial charge on any atom is 0.316 e. The predicted octanol–water partition coefficient (Wildman–Crippen LogP) is 0.678. The third-order valence-electron chi connectivity index (χ3n) is 4.36. The number of nitrogens with one attached hydrogen (secondary N) is 1. The van der Waals surface area contributed by atoms with Gasteiger partial charge in [-0.25, -0.2) is 0 Å². The largest absolute Gasteiger partial charge is 0.481 e. The fraction of sp³-hybridized carbons (Fsp3) is 0.375. The first-order valence-electron chi connectivity index (χ1n) is 7.71. The number of hydrogen-bond acceptors (Lipinski definition) is 4. The molecule has 134 valence electrons. The van der Waals surface area contributed by atoms with E-state index in [0.717, 1.165) is 0 Å². The van der Waals surface area contributed by atoms with Crippen molar-refractivity contribution in [2.75, 3.05) is 13.1 Å². The van der Waals surface area contributed by atoms with Crippen LogP contribution in [0.4, 0.5) is 0 Å². The fourth-order valence-corrected chi connectivity index (χ4v) is 3.06. The number of carboxylic acids is 1. The van der Waals surface area contributed by atoms with Crippen molar-refractivity contribution in [2.24, 2.45) is 5.92 Å². The summed E-state index contributed by atoms with van der Waals surface area (Å²) in [6.45, 7) is 2.67. The van der Waals surface area contributed by atoms with Crippen molar-refractivity contribution < 1.29 is 14.7 Å². The zero-order valence-corrected chi connectivity index (χ0v) is 14.3. The molecule has 1 aliphatic rings. The molecule has 1 fully saturated rings. The first kappa shape index (κ1) is 18.7. The Morgan fingerprint density at radius 1 is 1.32 bits per heavy atom. The number of aromatic amines is 1. The topological polar surface area (TPSA) is 112 Å². The third-order valence-corrected chi connectivity index (χ3v) is 4.36. The Morgan fingerprint density at radius 3 is 2.64 bits per heavy atom. The van der Waals surface area contributed by atoms with E-state index in [2.05, 4.69) is 4.98 Å². The number of rotatable bonds is 3. The number of amides is 1. The van der Waals surface area contributed by atoms with Crippen molar-refractivity contribution in [1.29, 1.82) is 0 Å². The fourth-order valence-electron chi connectivity index (χ4n) is 3.06. The van der Waals surface area contributed by atoms with Crippen LogP contribution in [0, 0.1) is 5.92 Å². The highest BCUT2D eigenvalue weighted by atomic mass is 35.5. The van der Waals surface area contributed by atoms with Crippen LogP contribution in [0.3, 0.4) is 0 Å². The number of H-pyrrole nitrogens is 1. The Hall–Kier alpha value is -2.61. The molecule has 8 nitrogen and oxygen atoms in total. The quantitative estimate of drug-likeness (QED) is 0.774. The highest BCUT2D eigenvalue weighted by molar-refractivity contribution is 5.97. The van der Waals surface area contributed by atoms with E-state index in [9.17, 15) is 19.2 Å². The van der Waals surface area contributed by atoms with E-state index in [1.54, 1.807) is 19.1 Å². The number of carboxylic acid groups (broad SMARTS) is 1. The van der Waals surface area contributed by atoms with Gasteiger partial charge in [0.1, 0.15) is 0 Å². The molecule has 1 saturated heterocycles. The number of hydrogen-bond donors (Lipinski definition) is 2. The van der Waals surface area contributed by atoms with Crippen molar-refractivity contribution in [1.82, 2.24) is 14.5 Å². The number of carbonyl (C=O) groups excluding carboxylic acids is 1. The average molecular weight is 368 g/mol. The normalized spacial score (nSPS) is 16.7. The van der Waals surface area contributed by atoms with Crippen LogP contribution in [0.2, 0.25) is 0 Å². The van der Waals surface area contributed by atoms with Gasteiger partial charge in [-0.3, -0.25) is 19.2 Å². The predicted molar refractivity (Wildman–Crippen MR) is 93.4 cm³/mol. The van der Waals surface area contributed by atoms with Crippen molar-refractivity contribution in [3.8, 4) is 0 Å². The summed E-state index contributed by atoms with van der Waals surface area (Å²) in [7, 11) is 0. The molecule has 1 aliphatic heterocycles. The lowest BCUT2D eigenvalue weighted by atomic mass is 10.1. The lowest BCUT2D eigenvalue weighted by molar-refractivity contribution is -0.141. The Kier molecular flexibility index (Phi) is 5.32. The van der Waals surface area contributed by atoms with Crippen LogP contribution in [0.15, 0.2) is 27.8 Å². The molecule has 0 aliphatic carbocycles. The lowest BCUT2D eigenvalue weighted by Crippen LogP contribution is -2.36. The molecule has 0 spiro atoms. The molecule has 1 unspecified atom stereocenters. The van der Waals surface area contributed by atoms with Crippen molar-refractivity contribution >= 4 is 35.3 Å². The highest BCUT2D eigenvalue weighted by Gasteiger charge is 2.31. The number of aryl methyl sites for hydroxylation is 1. The summed E-state index contributed by atoms with van der Waals surface area (Å²) in [6, 6.07) is 4.73. The third kappa shape index (κ3) is 3.30. The van der Waals surface area contributed by atoms with Crippen molar-refractivity contribution in [3.05, 3.63) is 44.5 Å². The molecule has 9 heteroatoms. The minimum Gasteiger partial charge on any atom is -0.481 e. The van der Waals surface area contributed by atoms with Gasteiger partial charge in [0.2, 0.25) is 0 Å². The Morgan fingerprint density at radius 2 is 2.04 bits per heavy atom. The number of likely N-dealkylation sites (tertiary alicyclic amines) is 1. The van der Waals surface area contributed by atoms with E-state index in [4.69, 9.17) is 5.11 Å². The van der Waals surface area contributed by atoms with Crippen LogP contribution < -0.4 is 11.1 Å². The van der Waals surface area contributed by atoms with Crippen LogP contribution in [-0.2, 0) is 11.3 Å². The molecule has 2 N–H and O–H groups in total. The zero-order chi connectivity index (χ0) is 17.4. The molecule has 0 radical (unpaired) electrons. The molecule has 25 heavy (non-hydrogen) atoms. The molecule has 1 aromatic heterocycles. The lowest BCUT2D eigenvalue weighted by Gasteiger charge is -2.16. The number of aromatic nitrogens is 2. The summed E-state index contributed by atoms with van der Waals surface area (Å²) in [4.78, 5) is 51.1. The van der Waals surface area contributed by atoms with Crippen molar-refractivity contribution in [3.63, 3.8) is 0 Å². The Balaban J connectivity index is 0.00000225. The second-order valence-corrected chi connectivity index (χ2v) is 5.81. The standard InChI is InChI=1S/C16H17N3O5.ClH/c1-2-19-12-4-3-9(7-11(12)17-13(20)15(19)22)14(21)18-6-5-10(8-18)16(23)24;/h3-4,7,10H,2,5-6,8H2,1H3,(H,17,20)(H,23,24);1H. The van der Waals surface area contributed by atoms with Crippen LogP contribution in [0.25, 0.3) is 11.0 Å². The molecule has 1 amide bonds. The molecule has 0 saturated carbocycles. The second-order valence-electron chi connectivity index (χ2n) is 5.81. The minimum absolute atomic E-state index is 0. The van der Waals surface area contributed by atoms with E-state index >= 15 is 0 Å². The first-order valence-corrected chi connectivity index (χ1v) is 7.71. The molecule has 1 atom stereocenters. The smallest absolute Gasteiger partial charge is 0.316 e. The molecule has 2 heterocycles. The number of aliphatic carboxylic acids is 1.